The van der Waals surface area contributed by atoms with Gasteiger partial charge in [0, 0.05) is 33.3 Å². The fourth-order valence-corrected chi connectivity index (χ4v) is 4.04. The molecule has 0 radical (unpaired) electrons. The number of carbonyl (C=O) groups is 1. The minimum atomic E-state index is -0.942. The fraction of sp³-hybridized carbons (Fsp3) is 0.304. The van der Waals surface area contributed by atoms with E-state index in [-0.39, 0.29) is 12.3 Å². The Balaban J connectivity index is 1.55. The van der Waals surface area contributed by atoms with Crippen LogP contribution in [0.3, 0.4) is 0 Å². The minimum absolute atomic E-state index is 0.250. The first-order valence-electron chi connectivity index (χ1n) is 10.7. The fourth-order valence-electron chi connectivity index (χ4n) is 4.04. The van der Waals surface area contributed by atoms with Gasteiger partial charge in [0.05, 0.1) is 18.1 Å². The first-order valence-corrected chi connectivity index (χ1v) is 10.7. The molecule has 1 amide bonds. The number of fused-ring (bicyclic) bond motifs is 1. The summed E-state index contributed by atoms with van der Waals surface area (Å²) in [5.74, 6) is 0.771. The molecule has 0 unspecified atom stereocenters. The summed E-state index contributed by atoms with van der Waals surface area (Å²) >= 11 is 0. The van der Waals surface area contributed by atoms with Gasteiger partial charge in [-0.2, -0.15) is 0 Å². The largest absolute Gasteiger partial charge is 0.390 e. The lowest BCUT2D eigenvalue weighted by atomic mass is 10.1. The Kier molecular flexibility index (Phi) is 5.53. The molecule has 1 aliphatic rings. The van der Waals surface area contributed by atoms with Crippen LogP contribution >= 0.6 is 0 Å². The molecule has 0 bridgehead atoms. The predicted molar refractivity (Wildman–Crippen MR) is 122 cm³/mol. The van der Waals surface area contributed by atoms with Crippen LogP contribution in [-0.4, -0.2) is 54.4 Å². The van der Waals surface area contributed by atoms with E-state index in [1.807, 2.05) is 60.3 Å². The van der Waals surface area contributed by atoms with Gasteiger partial charge in [0.15, 0.2) is 28.9 Å². The van der Waals surface area contributed by atoms with Crippen molar-refractivity contribution in [1.82, 2.24) is 29.4 Å². The number of nitrogens with one attached hydrogen (secondary N) is 2. The maximum Gasteiger partial charge on any atom is 0.251 e. The van der Waals surface area contributed by atoms with E-state index in [0.29, 0.717) is 29.4 Å². The first kappa shape index (κ1) is 21.1. The number of hydrogen-bond donors (Lipinski definition) is 3. The van der Waals surface area contributed by atoms with Crippen LogP contribution in [0.5, 0.6) is 0 Å². The van der Waals surface area contributed by atoms with Crippen LogP contribution in [-0.2, 0) is 23.1 Å². The lowest BCUT2D eigenvalue weighted by Gasteiger charge is -2.15. The highest BCUT2D eigenvalue weighted by atomic mass is 16.5. The number of rotatable bonds is 6. The van der Waals surface area contributed by atoms with Gasteiger partial charge in [-0.05, 0) is 17.7 Å². The second-order valence-electron chi connectivity index (χ2n) is 7.99. The number of anilines is 1. The highest BCUT2D eigenvalue weighted by Gasteiger charge is 2.40. The Labute approximate surface area is 190 Å². The van der Waals surface area contributed by atoms with Crippen molar-refractivity contribution >= 4 is 22.9 Å². The number of carbonyl (C=O) groups excluding carboxylic acids is 1. The molecule has 4 heterocycles. The van der Waals surface area contributed by atoms with Crippen LogP contribution in [0.1, 0.15) is 18.2 Å². The van der Waals surface area contributed by atoms with Gasteiger partial charge in [-0.3, -0.25) is 9.36 Å². The quantitative estimate of drug-likeness (QED) is 0.413. The van der Waals surface area contributed by atoms with Crippen LogP contribution in [0.15, 0.2) is 55.0 Å². The molecule has 3 N–H and O–H groups in total. The van der Waals surface area contributed by atoms with Gasteiger partial charge < -0.3 is 25.0 Å². The van der Waals surface area contributed by atoms with Gasteiger partial charge in [0.2, 0.25) is 0 Å². The summed E-state index contributed by atoms with van der Waals surface area (Å²) in [6.07, 6.45) is 1.36. The topological polar surface area (TPSA) is 119 Å². The highest BCUT2D eigenvalue weighted by molar-refractivity contribution is 5.85. The number of hydrogen-bond acceptors (Lipinski definition) is 7. The number of nitrogens with zero attached hydrogens (tertiary/aromatic N) is 5. The lowest BCUT2D eigenvalue weighted by molar-refractivity contribution is -0.137. The van der Waals surface area contributed by atoms with E-state index in [4.69, 9.17) is 14.7 Å². The minimum Gasteiger partial charge on any atom is -0.390 e. The number of imidazole rings is 1. The van der Waals surface area contributed by atoms with Crippen LogP contribution in [0.4, 0.5) is 5.82 Å². The number of likely N-dealkylation sites (N-methyl/N-ethyl adjacent to an activating group) is 1. The Bertz CT molecular complexity index is 1280. The van der Waals surface area contributed by atoms with Gasteiger partial charge >= 0.3 is 0 Å². The molecule has 0 spiro atoms. The zero-order chi connectivity index (χ0) is 22.9. The maximum absolute atomic E-state index is 12.1. The molecule has 3 aromatic heterocycles. The number of benzene rings is 1. The van der Waals surface area contributed by atoms with Crippen molar-refractivity contribution < 1.29 is 14.6 Å². The number of aliphatic hydroxyl groups is 1. The summed E-state index contributed by atoms with van der Waals surface area (Å²) in [5, 5.41) is 16.3. The Morgan fingerprint density at radius 1 is 1.21 bits per heavy atom. The van der Waals surface area contributed by atoms with Crippen LogP contribution in [0, 0.1) is 0 Å². The van der Waals surface area contributed by atoms with Crippen LogP contribution in [0.2, 0.25) is 0 Å². The third-order valence-corrected chi connectivity index (χ3v) is 5.81. The van der Waals surface area contributed by atoms with E-state index < -0.39 is 18.4 Å². The number of aryl methyl sites for hydroxylation is 1. The third-order valence-electron chi connectivity index (χ3n) is 5.81. The molecule has 10 nitrogen and oxygen atoms in total. The number of ether oxygens (including phenoxy) is 1. The average Bonchev–Trinajstić information content (AvgIpc) is 3.55. The van der Waals surface area contributed by atoms with E-state index in [0.717, 1.165) is 11.3 Å². The normalized spacial score (nSPS) is 20.3. The van der Waals surface area contributed by atoms with Gasteiger partial charge in [-0.15, -0.1) is 0 Å². The van der Waals surface area contributed by atoms with E-state index in [1.54, 1.807) is 10.9 Å². The third kappa shape index (κ3) is 3.94. The second-order valence-corrected chi connectivity index (χ2v) is 7.99. The van der Waals surface area contributed by atoms with Gasteiger partial charge in [-0.25, -0.2) is 15.0 Å². The van der Waals surface area contributed by atoms with Crippen molar-refractivity contribution in [2.45, 2.75) is 31.4 Å². The summed E-state index contributed by atoms with van der Waals surface area (Å²) in [6.45, 7) is 0.573. The predicted octanol–water partition coefficient (Wildman–Crippen LogP) is 1.84. The average molecular weight is 447 g/mol. The molecule has 0 saturated carbocycles. The second kappa shape index (κ2) is 8.64. The van der Waals surface area contributed by atoms with E-state index in [2.05, 4.69) is 15.6 Å². The molecule has 33 heavy (non-hydrogen) atoms. The number of amides is 1. The molecule has 170 valence electrons. The molecule has 1 fully saturated rings. The first-order chi connectivity index (χ1) is 16.0. The molecule has 1 saturated heterocycles. The lowest BCUT2D eigenvalue weighted by Crippen LogP contribution is -2.38. The van der Waals surface area contributed by atoms with Crippen molar-refractivity contribution in [2.24, 2.45) is 7.05 Å². The summed E-state index contributed by atoms with van der Waals surface area (Å²) in [4.78, 5) is 26.1. The van der Waals surface area contributed by atoms with Crippen LogP contribution in [0.25, 0.3) is 22.7 Å². The van der Waals surface area contributed by atoms with Gasteiger partial charge in [-0.1, -0.05) is 30.3 Å². The Hall–Kier alpha value is -3.76. The summed E-state index contributed by atoms with van der Waals surface area (Å²) in [5.41, 5.74) is 3.11. The molecule has 1 aliphatic heterocycles. The Morgan fingerprint density at radius 3 is 2.76 bits per heavy atom. The molecular weight excluding hydrogens is 422 g/mol. The highest BCUT2D eigenvalue weighted by Crippen LogP contribution is 2.33. The van der Waals surface area contributed by atoms with Crippen molar-refractivity contribution in [2.75, 3.05) is 12.4 Å². The summed E-state index contributed by atoms with van der Waals surface area (Å²) < 4.78 is 9.58. The van der Waals surface area contributed by atoms with E-state index in [1.165, 1.54) is 7.05 Å². The van der Waals surface area contributed by atoms with Crippen molar-refractivity contribution in [3.8, 4) is 11.5 Å². The van der Waals surface area contributed by atoms with Crippen molar-refractivity contribution in [1.29, 1.82) is 0 Å². The zero-order valence-corrected chi connectivity index (χ0v) is 18.3. The molecule has 4 aromatic rings. The molecule has 3 atom stereocenters. The Morgan fingerprint density at radius 2 is 2.03 bits per heavy atom. The van der Waals surface area contributed by atoms with Gasteiger partial charge in [0.1, 0.15) is 6.23 Å². The molecule has 0 aliphatic carbocycles. The SMILES string of the molecule is CNC(=O)[C@H]1O[C@@H](n2cnc3c(NCc4ccccc4)nc(-c4cccn4C)nc32)C[C@@H]1O. The number of aliphatic hydroxyl groups excluding tert-OH is 1. The van der Waals surface area contributed by atoms with Crippen LogP contribution < -0.4 is 10.6 Å². The van der Waals surface area contributed by atoms with E-state index >= 15 is 0 Å². The summed E-state index contributed by atoms with van der Waals surface area (Å²) in [6, 6.07) is 13.9. The smallest absolute Gasteiger partial charge is 0.251 e. The molecular formula is C23H25N7O3. The monoisotopic (exact) mass is 447 g/mol. The maximum atomic E-state index is 12.1. The van der Waals surface area contributed by atoms with E-state index in [9.17, 15) is 9.90 Å². The summed E-state index contributed by atoms with van der Waals surface area (Å²) in [7, 11) is 3.45. The van der Waals surface area contributed by atoms with Gasteiger partial charge in [0.25, 0.3) is 5.91 Å². The number of aromatic nitrogens is 5. The molecule has 5 rings (SSSR count). The zero-order valence-electron chi connectivity index (χ0n) is 18.3. The molecule has 10 heteroatoms. The van der Waals surface area contributed by atoms with Crippen molar-refractivity contribution in [3.05, 3.63) is 60.6 Å². The molecule has 1 aromatic carbocycles. The van der Waals surface area contributed by atoms with Crippen molar-refractivity contribution in [3.63, 3.8) is 0 Å². The standard InChI is InChI=1S/C23H25N7O3/c1-24-23(32)19-16(31)11-17(33-19)30-13-26-18-21(25-12-14-7-4-3-5-8-14)27-20(28-22(18)30)15-9-6-10-29(15)2/h3-10,13,16-17,19,31H,11-12H2,1-2H3,(H,24,32)(H,25,27,28)/t16-,17+,19-/m0/s1.